The molecule has 0 spiro atoms. The van der Waals surface area contributed by atoms with Crippen LogP contribution in [0.5, 0.6) is 0 Å². The molecule has 1 heterocycles. The minimum atomic E-state index is -3.58. The van der Waals surface area contributed by atoms with Crippen LogP contribution in [-0.2, 0) is 22.0 Å². The Morgan fingerprint density at radius 3 is 2.52 bits per heavy atom. The summed E-state index contributed by atoms with van der Waals surface area (Å²) >= 11 is 0. The van der Waals surface area contributed by atoms with Crippen LogP contribution in [-0.4, -0.2) is 45.6 Å². The summed E-state index contributed by atoms with van der Waals surface area (Å²) in [4.78, 5) is 0. The molecule has 0 bridgehead atoms. The Bertz CT molecular complexity index is 744. The van der Waals surface area contributed by atoms with Crippen molar-refractivity contribution < 1.29 is 17.9 Å². The van der Waals surface area contributed by atoms with Gasteiger partial charge in [-0.1, -0.05) is 12.1 Å². The lowest BCUT2D eigenvalue weighted by atomic mass is 10.1. The van der Waals surface area contributed by atoms with Gasteiger partial charge < -0.3 is 5.11 Å². The summed E-state index contributed by atoms with van der Waals surface area (Å²) < 4.78 is 38.7. The van der Waals surface area contributed by atoms with Gasteiger partial charge in [0, 0.05) is 0 Å². The van der Waals surface area contributed by atoms with E-state index in [9.17, 15) is 17.9 Å². The van der Waals surface area contributed by atoms with Crippen LogP contribution < -0.4 is 0 Å². The maximum absolute atomic E-state index is 12.8. The zero-order valence-electron chi connectivity index (χ0n) is 12.9. The Labute approximate surface area is 134 Å². The molecular weight excluding hydrogens is 323 g/mol. The molecule has 1 aromatic carbocycles. The summed E-state index contributed by atoms with van der Waals surface area (Å²) in [6.45, 7) is 3.69. The average molecular weight is 342 g/mol. The van der Waals surface area contributed by atoms with E-state index >= 15 is 0 Å². The van der Waals surface area contributed by atoms with Gasteiger partial charge in [0.2, 0.25) is 0 Å². The maximum Gasteiger partial charge on any atom is 0.166 e. The molecule has 0 aliphatic heterocycles. The van der Waals surface area contributed by atoms with Crippen molar-refractivity contribution in [1.29, 1.82) is 0 Å². The fourth-order valence-electron chi connectivity index (χ4n) is 2.21. The zero-order chi connectivity index (χ0) is 17.0. The van der Waals surface area contributed by atoms with Crippen molar-refractivity contribution in [3.8, 4) is 0 Å². The van der Waals surface area contributed by atoms with E-state index in [1.165, 1.54) is 28.9 Å². The molecule has 1 atom stereocenters. The van der Waals surface area contributed by atoms with Crippen LogP contribution >= 0.6 is 0 Å². The van der Waals surface area contributed by atoms with Gasteiger partial charge in [-0.15, -0.1) is 5.10 Å². The van der Waals surface area contributed by atoms with Crippen LogP contribution in [0.25, 0.3) is 0 Å². The summed E-state index contributed by atoms with van der Waals surface area (Å²) in [5, 5.41) is 20.9. The highest BCUT2D eigenvalue weighted by Gasteiger charge is 2.22. The van der Waals surface area contributed by atoms with Crippen molar-refractivity contribution in [2.45, 2.75) is 38.2 Å². The summed E-state index contributed by atoms with van der Waals surface area (Å²) in [7, 11) is -3.58. The maximum atomic E-state index is 12.8. The van der Waals surface area contributed by atoms with Gasteiger partial charge in [0.25, 0.3) is 0 Å². The van der Waals surface area contributed by atoms with E-state index in [0.717, 1.165) is 0 Å². The number of hydrogen-bond donors (Lipinski definition) is 1. The third-order valence-corrected chi connectivity index (χ3v) is 4.82. The summed E-state index contributed by atoms with van der Waals surface area (Å²) in [6.07, 6.45) is -0.942. The number of aliphatic hydroxyl groups is 1. The Balaban J connectivity index is 2.00. The Kier molecular flexibility index (Phi) is 5.42. The quantitative estimate of drug-likeness (QED) is 0.803. The SMILES string of the molecule is CC(C)n1nnnc1CS(=O)(=O)CC(O)Cc1ccc(F)cc1. The standard InChI is InChI=1S/C14H19FN4O3S/c1-10(2)19-14(16-17-18-19)9-23(21,22)8-13(20)7-11-3-5-12(15)6-4-11/h3-6,10,13,20H,7-9H2,1-2H3. The molecule has 0 aliphatic rings. The van der Waals surface area contributed by atoms with E-state index in [4.69, 9.17) is 0 Å². The molecule has 0 fully saturated rings. The van der Waals surface area contributed by atoms with Gasteiger partial charge in [0.15, 0.2) is 15.7 Å². The van der Waals surface area contributed by atoms with Crippen molar-refractivity contribution in [3.63, 3.8) is 0 Å². The molecule has 23 heavy (non-hydrogen) atoms. The minimum Gasteiger partial charge on any atom is -0.392 e. The highest BCUT2D eigenvalue weighted by atomic mass is 32.2. The smallest absolute Gasteiger partial charge is 0.166 e. The molecule has 1 unspecified atom stereocenters. The van der Waals surface area contributed by atoms with E-state index in [1.54, 1.807) is 0 Å². The number of aromatic nitrogens is 4. The van der Waals surface area contributed by atoms with Gasteiger partial charge in [-0.3, -0.25) is 0 Å². The summed E-state index contributed by atoms with van der Waals surface area (Å²) in [5.41, 5.74) is 0.668. The summed E-state index contributed by atoms with van der Waals surface area (Å²) in [5.74, 6) is -0.876. The first-order valence-electron chi connectivity index (χ1n) is 7.16. The Morgan fingerprint density at radius 2 is 1.91 bits per heavy atom. The predicted molar refractivity (Wildman–Crippen MR) is 81.8 cm³/mol. The van der Waals surface area contributed by atoms with E-state index < -0.39 is 21.7 Å². The topological polar surface area (TPSA) is 98.0 Å². The van der Waals surface area contributed by atoms with Crippen molar-refractivity contribution in [2.24, 2.45) is 0 Å². The lowest BCUT2D eigenvalue weighted by Crippen LogP contribution is -2.25. The van der Waals surface area contributed by atoms with E-state index in [-0.39, 0.29) is 29.9 Å². The van der Waals surface area contributed by atoms with Gasteiger partial charge in [-0.05, 0) is 48.4 Å². The predicted octanol–water partition coefficient (Wildman–Crippen LogP) is 0.911. The molecule has 2 aromatic rings. The number of sulfone groups is 1. The van der Waals surface area contributed by atoms with Crippen LogP contribution in [0.3, 0.4) is 0 Å². The summed E-state index contributed by atoms with van der Waals surface area (Å²) in [6, 6.07) is 5.52. The van der Waals surface area contributed by atoms with E-state index in [0.29, 0.717) is 5.56 Å². The van der Waals surface area contributed by atoms with Crippen molar-refractivity contribution in [3.05, 3.63) is 41.5 Å². The molecule has 2 rings (SSSR count). The number of tetrazole rings is 1. The zero-order valence-corrected chi connectivity index (χ0v) is 13.7. The van der Waals surface area contributed by atoms with Crippen molar-refractivity contribution in [2.75, 3.05) is 5.75 Å². The molecule has 0 amide bonds. The van der Waals surface area contributed by atoms with Gasteiger partial charge >= 0.3 is 0 Å². The Morgan fingerprint density at radius 1 is 1.26 bits per heavy atom. The molecule has 0 radical (unpaired) electrons. The van der Waals surface area contributed by atoms with Crippen LogP contribution in [0.15, 0.2) is 24.3 Å². The van der Waals surface area contributed by atoms with E-state index in [1.807, 2.05) is 13.8 Å². The number of aliphatic hydroxyl groups excluding tert-OH is 1. The molecule has 126 valence electrons. The molecule has 0 aliphatic carbocycles. The van der Waals surface area contributed by atoms with Crippen LogP contribution in [0.1, 0.15) is 31.3 Å². The van der Waals surface area contributed by atoms with Gasteiger partial charge in [0.1, 0.15) is 11.6 Å². The van der Waals surface area contributed by atoms with Gasteiger partial charge in [-0.25, -0.2) is 17.5 Å². The number of halogens is 1. The normalized spacial score (nSPS) is 13.4. The molecule has 1 aromatic heterocycles. The number of benzene rings is 1. The Hall–Kier alpha value is -1.87. The molecular formula is C14H19FN4O3S. The minimum absolute atomic E-state index is 0.0562. The van der Waals surface area contributed by atoms with Crippen LogP contribution in [0.4, 0.5) is 4.39 Å². The molecule has 0 saturated carbocycles. The first kappa shape index (κ1) is 17.5. The third-order valence-electron chi connectivity index (χ3n) is 3.23. The average Bonchev–Trinajstić information content (AvgIpc) is 2.88. The van der Waals surface area contributed by atoms with Crippen LogP contribution in [0.2, 0.25) is 0 Å². The van der Waals surface area contributed by atoms with Crippen molar-refractivity contribution in [1.82, 2.24) is 20.2 Å². The van der Waals surface area contributed by atoms with E-state index in [2.05, 4.69) is 15.5 Å². The highest BCUT2D eigenvalue weighted by Crippen LogP contribution is 2.12. The largest absolute Gasteiger partial charge is 0.392 e. The van der Waals surface area contributed by atoms with Gasteiger partial charge in [-0.2, -0.15) is 0 Å². The third kappa shape index (κ3) is 5.07. The lowest BCUT2D eigenvalue weighted by Gasteiger charge is -2.12. The highest BCUT2D eigenvalue weighted by molar-refractivity contribution is 7.90. The fraction of sp³-hybridized carbons (Fsp3) is 0.500. The fourth-order valence-corrected chi connectivity index (χ4v) is 3.61. The number of nitrogens with zero attached hydrogens (tertiary/aromatic N) is 4. The molecule has 9 heteroatoms. The van der Waals surface area contributed by atoms with Crippen LogP contribution in [0, 0.1) is 5.82 Å². The lowest BCUT2D eigenvalue weighted by molar-refractivity contribution is 0.197. The molecule has 0 saturated heterocycles. The molecule has 1 N–H and O–H groups in total. The molecule has 7 nitrogen and oxygen atoms in total. The second kappa shape index (κ2) is 7.14. The monoisotopic (exact) mass is 342 g/mol. The second-order valence-electron chi connectivity index (χ2n) is 5.67. The van der Waals surface area contributed by atoms with Gasteiger partial charge in [0.05, 0.1) is 17.9 Å². The van der Waals surface area contributed by atoms with Crippen molar-refractivity contribution >= 4 is 9.84 Å². The number of hydrogen-bond acceptors (Lipinski definition) is 6. The second-order valence-corrected chi connectivity index (χ2v) is 7.78. The number of rotatable bonds is 7. The first-order chi connectivity index (χ1) is 10.8. The first-order valence-corrected chi connectivity index (χ1v) is 8.98.